The van der Waals surface area contributed by atoms with Crippen molar-refractivity contribution in [1.82, 2.24) is 9.62 Å². The molecule has 1 fully saturated rings. The molecule has 0 bridgehead atoms. The van der Waals surface area contributed by atoms with E-state index in [0.717, 1.165) is 13.1 Å². The maximum absolute atomic E-state index is 13.9. The molecule has 5 nitrogen and oxygen atoms in total. The highest BCUT2D eigenvalue weighted by molar-refractivity contribution is 7.89. The van der Waals surface area contributed by atoms with Crippen LogP contribution in [0.1, 0.15) is 0 Å². The summed E-state index contributed by atoms with van der Waals surface area (Å²) < 4.78 is 40.9. The number of halogens is 2. The first-order valence-electron chi connectivity index (χ1n) is 8.43. The third-order valence-corrected chi connectivity index (χ3v) is 6.14. The summed E-state index contributed by atoms with van der Waals surface area (Å²) in [5, 5.41) is 0.497. The lowest BCUT2D eigenvalue weighted by atomic mass is 10.2. The summed E-state index contributed by atoms with van der Waals surface area (Å²) in [6, 6.07) is 12.8. The van der Waals surface area contributed by atoms with Gasteiger partial charge in [0.15, 0.2) is 0 Å². The van der Waals surface area contributed by atoms with Gasteiger partial charge in [0.25, 0.3) is 0 Å². The molecule has 0 radical (unpaired) electrons. The number of benzene rings is 2. The van der Waals surface area contributed by atoms with Crippen molar-refractivity contribution in [3.05, 3.63) is 59.4 Å². The quantitative estimate of drug-likeness (QED) is 0.814. The van der Waals surface area contributed by atoms with E-state index in [4.69, 9.17) is 11.6 Å². The second-order valence-corrected chi connectivity index (χ2v) is 8.34. The van der Waals surface area contributed by atoms with Gasteiger partial charge < -0.3 is 4.90 Å². The number of hydrogen-bond donors (Lipinski definition) is 1. The fourth-order valence-corrected chi connectivity index (χ4v) is 4.10. The van der Waals surface area contributed by atoms with Crippen LogP contribution >= 0.6 is 11.6 Å². The van der Waals surface area contributed by atoms with Crippen LogP contribution in [0.4, 0.5) is 10.1 Å². The lowest BCUT2D eigenvalue weighted by Crippen LogP contribution is -2.48. The largest absolute Gasteiger partial charge is 0.367 e. The monoisotopic (exact) mass is 397 g/mol. The van der Waals surface area contributed by atoms with Crippen molar-refractivity contribution in [3.63, 3.8) is 0 Å². The Hall–Kier alpha value is -1.67. The van der Waals surface area contributed by atoms with E-state index in [1.165, 1.54) is 18.2 Å². The maximum Gasteiger partial charge on any atom is 0.240 e. The van der Waals surface area contributed by atoms with E-state index in [2.05, 4.69) is 9.62 Å². The topological polar surface area (TPSA) is 52.7 Å². The Labute approximate surface area is 158 Å². The Morgan fingerprint density at radius 1 is 1.00 bits per heavy atom. The minimum atomic E-state index is -3.53. The van der Waals surface area contributed by atoms with Crippen molar-refractivity contribution < 1.29 is 12.8 Å². The summed E-state index contributed by atoms with van der Waals surface area (Å²) in [7, 11) is -3.53. The van der Waals surface area contributed by atoms with E-state index in [1.807, 2.05) is 11.0 Å². The number of hydrogen-bond acceptors (Lipinski definition) is 4. The van der Waals surface area contributed by atoms with Crippen LogP contribution in [0.25, 0.3) is 0 Å². The Morgan fingerprint density at radius 3 is 2.31 bits per heavy atom. The first-order valence-corrected chi connectivity index (χ1v) is 10.3. The van der Waals surface area contributed by atoms with Gasteiger partial charge in [-0.3, -0.25) is 4.90 Å². The minimum Gasteiger partial charge on any atom is -0.367 e. The molecule has 26 heavy (non-hydrogen) atoms. The van der Waals surface area contributed by atoms with Crippen LogP contribution < -0.4 is 9.62 Å². The van der Waals surface area contributed by atoms with Crippen molar-refractivity contribution in [3.8, 4) is 0 Å². The lowest BCUT2D eigenvalue weighted by Gasteiger charge is -2.36. The third-order valence-electron chi connectivity index (χ3n) is 4.41. The molecule has 1 aliphatic rings. The van der Waals surface area contributed by atoms with E-state index in [-0.39, 0.29) is 10.7 Å². The first kappa shape index (κ1) is 19.1. The second-order valence-electron chi connectivity index (χ2n) is 6.13. The average Bonchev–Trinajstić information content (AvgIpc) is 2.63. The minimum absolute atomic E-state index is 0.200. The summed E-state index contributed by atoms with van der Waals surface area (Å²) in [5.74, 6) is -0.211. The molecular weight excluding hydrogens is 377 g/mol. The van der Waals surface area contributed by atoms with Crippen LogP contribution in [0.5, 0.6) is 0 Å². The second kappa shape index (κ2) is 8.35. The molecule has 0 saturated carbocycles. The Bertz CT molecular complexity index is 838. The molecule has 0 atom stereocenters. The molecular formula is C18H21ClFN3O2S. The summed E-state index contributed by atoms with van der Waals surface area (Å²) in [6.45, 7) is 3.88. The SMILES string of the molecule is O=S(=O)(NCCN1CCN(c2ccccc2F)CC1)c1ccc(Cl)cc1. The van der Waals surface area contributed by atoms with Gasteiger partial charge in [-0.05, 0) is 36.4 Å². The molecule has 0 aliphatic carbocycles. The number of sulfonamides is 1. The fraction of sp³-hybridized carbons (Fsp3) is 0.333. The van der Waals surface area contributed by atoms with Gasteiger partial charge in [0, 0.05) is 44.3 Å². The predicted octanol–water partition coefficient (Wildman–Crippen LogP) is 2.58. The molecule has 1 N–H and O–H groups in total. The van der Waals surface area contributed by atoms with Gasteiger partial charge >= 0.3 is 0 Å². The highest BCUT2D eigenvalue weighted by Gasteiger charge is 2.20. The van der Waals surface area contributed by atoms with Crippen molar-refractivity contribution in [1.29, 1.82) is 0 Å². The van der Waals surface area contributed by atoms with Crippen molar-refractivity contribution in [2.45, 2.75) is 4.90 Å². The van der Waals surface area contributed by atoms with Gasteiger partial charge in [0.05, 0.1) is 10.6 Å². The zero-order valence-corrected chi connectivity index (χ0v) is 15.8. The molecule has 8 heteroatoms. The summed E-state index contributed by atoms with van der Waals surface area (Å²) >= 11 is 5.78. The first-order chi connectivity index (χ1) is 12.5. The normalized spacial score (nSPS) is 16.0. The zero-order valence-electron chi connectivity index (χ0n) is 14.2. The van der Waals surface area contributed by atoms with Crippen LogP contribution in [0.15, 0.2) is 53.4 Å². The van der Waals surface area contributed by atoms with Crippen LogP contribution in [0.3, 0.4) is 0 Å². The standard InChI is InChI=1S/C18H21ClFN3O2S/c19-15-5-7-16(8-6-15)26(24,25)21-9-10-22-11-13-23(14-12-22)18-4-2-1-3-17(18)20/h1-8,21H,9-14H2. The number of nitrogens with zero attached hydrogens (tertiary/aromatic N) is 2. The zero-order chi connectivity index (χ0) is 18.6. The van der Waals surface area contributed by atoms with Crippen LogP contribution in [0, 0.1) is 5.82 Å². The highest BCUT2D eigenvalue weighted by atomic mass is 35.5. The average molecular weight is 398 g/mol. The third kappa shape index (κ3) is 4.73. The lowest BCUT2D eigenvalue weighted by molar-refractivity contribution is 0.261. The van der Waals surface area contributed by atoms with E-state index in [0.29, 0.717) is 36.9 Å². The van der Waals surface area contributed by atoms with Gasteiger partial charge in [0.2, 0.25) is 10.0 Å². The molecule has 2 aromatic rings. The molecule has 1 saturated heterocycles. The summed E-state index contributed by atoms with van der Waals surface area (Å²) in [6.07, 6.45) is 0. The van der Waals surface area contributed by atoms with E-state index < -0.39 is 10.0 Å². The van der Waals surface area contributed by atoms with Gasteiger partial charge in [-0.25, -0.2) is 17.5 Å². The number of piperazine rings is 1. The molecule has 0 spiro atoms. The molecule has 3 rings (SSSR count). The van der Waals surface area contributed by atoms with Crippen LogP contribution in [-0.4, -0.2) is 52.6 Å². The van der Waals surface area contributed by atoms with Crippen LogP contribution in [-0.2, 0) is 10.0 Å². The fourth-order valence-electron chi connectivity index (χ4n) is 2.96. The van der Waals surface area contributed by atoms with E-state index in [1.54, 1.807) is 24.3 Å². The molecule has 0 amide bonds. The number of anilines is 1. The Kier molecular flexibility index (Phi) is 6.13. The maximum atomic E-state index is 13.9. The van der Waals surface area contributed by atoms with Crippen molar-refractivity contribution in [2.24, 2.45) is 0 Å². The predicted molar refractivity (Wildman–Crippen MR) is 102 cm³/mol. The highest BCUT2D eigenvalue weighted by Crippen LogP contribution is 2.20. The molecule has 140 valence electrons. The van der Waals surface area contributed by atoms with Crippen molar-refractivity contribution >= 4 is 27.3 Å². The van der Waals surface area contributed by atoms with Crippen molar-refractivity contribution in [2.75, 3.05) is 44.2 Å². The van der Waals surface area contributed by atoms with Gasteiger partial charge in [-0.1, -0.05) is 23.7 Å². The number of nitrogens with one attached hydrogen (secondary N) is 1. The molecule has 1 heterocycles. The van der Waals surface area contributed by atoms with Crippen LogP contribution in [0.2, 0.25) is 5.02 Å². The van der Waals surface area contributed by atoms with E-state index >= 15 is 0 Å². The van der Waals surface area contributed by atoms with Gasteiger partial charge in [-0.15, -0.1) is 0 Å². The molecule has 1 aliphatic heterocycles. The summed E-state index contributed by atoms with van der Waals surface area (Å²) in [5.41, 5.74) is 0.621. The van der Waals surface area contributed by atoms with Gasteiger partial charge in [0.1, 0.15) is 5.82 Å². The number of rotatable bonds is 6. The molecule has 0 aromatic heterocycles. The Balaban J connectivity index is 1.47. The number of para-hydroxylation sites is 1. The molecule has 2 aromatic carbocycles. The summed E-state index contributed by atoms with van der Waals surface area (Å²) in [4.78, 5) is 4.39. The smallest absolute Gasteiger partial charge is 0.240 e. The van der Waals surface area contributed by atoms with E-state index in [9.17, 15) is 12.8 Å². The molecule has 0 unspecified atom stereocenters. The van der Waals surface area contributed by atoms with Gasteiger partial charge in [-0.2, -0.15) is 0 Å². The Morgan fingerprint density at radius 2 is 1.65 bits per heavy atom.